The molecule has 1 aromatic heterocycles. The van der Waals surface area contributed by atoms with Crippen LogP contribution in [0.15, 0.2) is 28.6 Å². The molecule has 7 heteroatoms. The highest BCUT2D eigenvalue weighted by Crippen LogP contribution is 2.37. The Morgan fingerprint density at radius 3 is 2.79 bits per heavy atom. The van der Waals surface area contributed by atoms with Gasteiger partial charge in [0.05, 0.1) is 11.9 Å². The molecule has 1 aromatic rings. The Morgan fingerprint density at radius 2 is 2.21 bits per heavy atom. The summed E-state index contributed by atoms with van der Waals surface area (Å²) in [6.45, 7) is 0.699. The highest BCUT2D eigenvalue weighted by Gasteiger charge is 2.39. The molecule has 0 radical (unpaired) electrons. The average molecular weight is 325 g/mol. The summed E-state index contributed by atoms with van der Waals surface area (Å²) in [5.74, 6) is 3.17. The van der Waals surface area contributed by atoms with Crippen LogP contribution in [0.2, 0.25) is 0 Å². The lowest BCUT2D eigenvalue weighted by molar-refractivity contribution is -0.117. The van der Waals surface area contributed by atoms with Gasteiger partial charge < -0.3 is 5.32 Å². The molecule has 0 bridgehead atoms. The number of rotatable bonds is 7. The molecule has 24 heavy (non-hydrogen) atoms. The van der Waals surface area contributed by atoms with Crippen molar-refractivity contribution in [2.75, 3.05) is 16.8 Å². The van der Waals surface area contributed by atoms with Crippen molar-refractivity contribution in [1.29, 1.82) is 0 Å². The number of carbonyl (C=O) groups excluding carboxylic acids is 2. The molecule has 2 aliphatic heterocycles. The number of pyridine rings is 1. The first kappa shape index (κ1) is 16.1. The molecule has 1 N–H and O–H groups in total. The second-order valence-corrected chi connectivity index (χ2v) is 5.99. The predicted molar refractivity (Wildman–Crippen MR) is 89.3 cm³/mol. The van der Waals surface area contributed by atoms with Crippen molar-refractivity contribution in [2.45, 2.75) is 44.2 Å². The fourth-order valence-corrected chi connectivity index (χ4v) is 2.72. The van der Waals surface area contributed by atoms with E-state index >= 15 is 0 Å². The lowest BCUT2D eigenvalue weighted by atomic mass is 10.0. The largest absolute Gasteiger partial charge is 0.325 e. The first-order valence-electron chi connectivity index (χ1n) is 8.06. The quantitative estimate of drug-likeness (QED) is 0.781. The van der Waals surface area contributed by atoms with Gasteiger partial charge in [0, 0.05) is 38.6 Å². The summed E-state index contributed by atoms with van der Waals surface area (Å²) in [6.07, 6.45) is 10.4. The van der Waals surface area contributed by atoms with E-state index in [1.54, 1.807) is 23.2 Å². The van der Waals surface area contributed by atoms with Crippen LogP contribution in [-0.4, -0.2) is 29.0 Å². The van der Waals surface area contributed by atoms with Crippen LogP contribution in [0.4, 0.5) is 11.5 Å². The fourth-order valence-electron chi connectivity index (χ4n) is 2.72. The number of hydrogen-bond donors (Lipinski definition) is 1. The lowest BCUT2D eigenvalue weighted by Gasteiger charge is -2.14. The van der Waals surface area contributed by atoms with E-state index in [2.05, 4.69) is 26.4 Å². The highest BCUT2D eigenvalue weighted by molar-refractivity contribution is 5.95. The molecule has 0 unspecified atom stereocenters. The molecule has 0 atom stereocenters. The van der Waals surface area contributed by atoms with E-state index in [9.17, 15) is 9.59 Å². The van der Waals surface area contributed by atoms with Gasteiger partial charge in [-0.3, -0.25) is 14.5 Å². The minimum Gasteiger partial charge on any atom is -0.325 e. The van der Waals surface area contributed by atoms with Gasteiger partial charge in [-0.1, -0.05) is 0 Å². The maximum Gasteiger partial charge on any atom is 0.228 e. The zero-order valence-corrected chi connectivity index (χ0v) is 13.4. The van der Waals surface area contributed by atoms with Gasteiger partial charge in [-0.15, -0.1) is 12.3 Å². The van der Waals surface area contributed by atoms with E-state index in [0.717, 1.165) is 6.42 Å². The Bertz CT molecular complexity index is 699. The third kappa shape index (κ3) is 3.77. The van der Waals surface area contributed by atoms with Crippen molar-refractivity contribution in [3.63, 3.8) is 0 Å². The van der Waals surface area contributed by atoms with Gasteiger partial charge in [0.2, 0.25) is 11.8 Å². The van der Waals surface area contributed by atoms with Crippen LogP contribution < -0.4 is 10.2 Å². The summed E-state index contributed by atoms with van der Waals surface area (Å²) in [7, 11) is 0. The number of hydrogen-bond acceptors (Lipinski definition) is 5. The summed E-state index contributed by atoms with van der Waals surface area (Å²) in [5.41, 5.74) is 0.166. The van der Waals surface area contributed by atoms with E-state index < -0.39 is 5.66 Å². The maximum absolute atomic E-state index is 12.0. The zero-order chi connectivity index (χ0) is 17.0. The van der Waals surface area contributed by atoms with Gasteiger partial charge in [0.15, 0.2) is 5.66 Å². The summed E-state index contributed by atoms with van der Waals surface area (Å²) >= 11 is 0. The predicted octanol–water partition coefficient (Wildman–Crippen LogP) is 2.50. The molecule has 7 nitrogen and oxygen atoms in total. The van der Waals surface area contributed by atoms with Crippen LogP contribution in [0.3, 0.4) is 0 Å². The number of carbonyl (C=O) groups is 2. The second kappa shape index (κ2) is 6.79. The standard InChI is InChI=1S/C17H19N5O2/c1-2-3-9-17(20-21-17)10-8-15(23)19-13-6-7-14(18-12-13)22-11-4-5-16(22)24/h1,6-7,12H,3-5,8-11H2,(H,19,23). The lowest BCUT2D eigenvalue weighted by Crippen LogP contribution is -2.24. The van der Waals surface area contributed by atoms with Gasteiger partial charge in [-0.05, 0) is 18.6 Å². The Balaban J connectivity index is 1.48. The van der Waals surface area contributed by atoms with Crippen molar-refractivity contribution in [3.8, 4) is 12.3 Å². The Morgan fingerprint density at radius 1 is 1.38 bits per heavy atom. The summed E-state index contributed by atoms with van der Waals surface area (Å²) in [5, 5.41) is 10.8. The third-order valence-electron chi connectivity index (χ3n) is 4.19. The van der Waals surface area contributed by atoms with E-state index in [1.165, 1.54) is 0 Å². The molecular weight excluding hydrogens is 306 g/mol. The first-order valence-corrected chi connectivity index (χ1v) is 8.06. The van der Waals surface area contributed by atoms with Crippen molar-refractivity contribution in [2.24, 2.45) is 10.2 Å². The highest BCUT2D eigenvalue weighted by atomic mass is 16.2. The van der Waals surface area contributed by atoms with E-state index in [1.807, 2.05) is 0 Å². The average Bonchev–Trinajstić information content (AvgIpc) is 3.24. The summed E-state index contributed by atoms with van der Waals surface area (Å²) in [6, 6.07) is 3.50. The second-order valence-electron chi connectivity index (χ2n) is 5.99. The van der Waals surface area contributed by atoms with Gasteiger partial charge in [-0.25, -0.2) is 4.98 Å². The molecule has 2 amide bonds. The molecule has 1 fully saturated rings. The molecule has 3 rings (SSSR count). The summed E-state index contributed by atoms with van der Waals surface area (Å²) in [4.78, 5) is 29.6. The van der Waals surface area contributed by atoms with Crippen LogP contribution in [0.25, 0.3) is 0 Å². The first-order chi connectivity index (χ1) is 11.6. The number of aromatic nitrogens is 1. The Hall–Kier alpha value is -2.75. The molecule has 0 spiro atoms. The number of nitrogens with one attached hydrogen (secondary N) is 1. The molecule has 0 aromatic carbocycles. The molecule has 0 aliphatic carbocycles. The van der Waals surface area contributed by atoms with Gasteiger partial charge in [-0.2, -0.15) is 10.2 Å². The van der Waals surface area contributed by atoms with Crippen LogP contribution in [0, 0.1) is 12.3 Å². The van der Waals surface area contributed by atoms with Crippen LogP contribution in [0.1, 0.15) is 38.5 Å². The van der Waals surface area contributed by atoms with Crippen LogP contribution in [-0.2, 0) is 9.59 Å². The van der Waals surface area contributed by atoms with Crippen molar-refractivity contribution in [1.82, 2.24) is 4.98 Å². The molecule has 124 valence electrons. The molecule has 1 saturated heterocycles. The van der Waals surface area contributed by atoms with Crippen LogP contribution >= 0.6 is 0 Å². The zero-order valence-electron chi connectivity index (χ0n) is 13.4. The van der Waals surface area contributed by atoms with E-state index in [4.69, 9.17) is 6.42 Å². The smallest absolute Gasteiger partial charge is 0.228 e. The third-order valence-corrected chi connectivity index (χ3v) is 4.19. The van der Waals surface area contributed by atoms with Crippen molar-refractivity contribution >= 4 is 23.3 Å². The topological polar surface area (TPSA) is 87.0 Å². The Labute approximate surface area is 140 Å². The van der Waals surface area contributed by atoms with Crippen molar-refractivity contribution < 1.29 is 9.59 Å². The number of amides is 2. The molecule has 0 saturated carbocycles. The molecular formula is C17H19N5O2. The number of terminal acetylenes is 1. The minimum absolute atomic E-state index is 0.0912. The van der Waals surface area contributed by atoms with Gasteiger partial charge in [0.25, 0.3) is 0 Å². The van der Waals surface area contributed by atoms with Gasteiger partial charge >= 0.3 is 0 Å². The maximum atomic E-state index is 12.0. The van der Waals surface area contributed by atoms with E-state index in [-0.39, 0.29) is 11.8 Å². The molecule has 2 aliphatic rings. The Kier molecular flexibility index (Phi) is 4.56. The van der Waals surface area contributed by atoms with Gasteiger partial charge in [0.1, 0.15) is 5.82 Å². The van der Waals surface area contributed by atoms with Crippen LogP contribution in [0.5, 0.6) is 0 Å². The summed E-state index contributed by atoms with van der Waals surface area (Å²) < 4.78 is 0. The van der Waals surface area contributed by atoms with Crippen molar-refractivity contribution in [3.05, 3.63) is 18.3 Å². The molecule has 3 heterocycles. The monoisotopic (exact) mass is 325 g/mol. The number of nitrogens with zero attached hydrogens (tertiary/aromatic N) is 4. The normalized spacial score (nSPS) is 17.6. The SMILES string of the molecule is C#CCCC1(CCC(=O)Nc2ccc(N3CCCC3=O)nc2)N=N1. The van der Waals surface area contributed by atoms with E-state index in [0.29, 0.717) is 50.2 Å². The fraction of sp³-hybridized carbons (Fsp3) is 0.471. The number of anilines is 2. The minimum atomic E-state index is -0.443.